The van der Waals surface area contributed by atoms with Crippen LogP contribution >= 0.6 is 15.9 Å². The fourth-order valence-corrected chi connectivity index (χ4v) is 3.83. The number of halogens is 1. The first kappa shape index (κ1) is 21.1. The Hall–Kier alpha value is -2.64. The van der Waals surface area contributed by atoms with Crippen molar-refractivity contribution in [2.75, 3.05) is 27.4 Å². The second-order valence-electron chi connectivity index (χ2n) is 6.62. The highest BCUT2D eigenvalue weighted by atomic mass is 79.9. The molecule has 2 aromatic rings. The molecule has 0 bridgehead atoms. The maximum absolute atomic E-state index is 12.9. The lowest BCUT2D eigenvalue weighted by Crippen LogP contribution is -2.31. The fraction of sp³-hybridized carbons (Fsp3) is 0.273. The molecule has 0 saturated carbocycles. The van der Waals surface area contributed by atoms with E-state index in [1.165, 1.54) is 4.90 Å². The molecule has 6 nitrogen and oxygen atoms in total. The summed E-state index contributed by atoms with van der Waals surface area (Å²) in [5.74, 6) is -0.892. The van der Waals surface area contributed by atoms with E-state index in [0.717, 1.165) is 10.0 Å². The van der Waals surface area contributed by atoms with Crippen molar-refractivity contribution in [3.8, 4) is 5.75 Å². The van der Waals surface area contributed by atoms with Gasteiger partial charge in [0.2, 0.25) is 0 Å². The Kier molecular flexibility index (Phi) is 6.71. The maximum Gasteiger partial charge on any atom is 0.295 e. The third kappa shape index (κ3) is 4.36. The molecule has 1 aliphatic heterocycles. The molecule has 2 aromatic carbocycles. The Morgan fingerprint density at radius 3 is 2.48 bits per heavy atom. The van der Waals surface area contributed by atoms with E-state index in [4.69, 9.17) is 9.47 Å². The number of aliphatic hydroxyl groups excluding tert-OH is 1. The molecule has 0 aliphatic carbocycles. The fourth-order valence-electron chi connectivity index (χ4n) is 3.42. The molecular formula is C22H22BrNO5. The average Bonchev–Trinajstić information content (AvgIpc) is 2.98. The molecule has 1 amide bonds. The van der Waals surface area contributed by atoms with Crippen LogP contribution in [0, 0.1) is 0 Å². The molecule has 1 N–H and O–H groups in total. The van der Waals surface area contributed by atoms with Gasteiger partial charge in [0, 0.05) is 30.3 Å². The van der Waals surface area contributed by atoms with E-state index >= 15 is 0 Å². The minimum absolute atomic E-state index is 0.0793. The Bertz CT molecular complexity index is 938. The number of hydrogen-bond donors (Lipinski definition) is 1. The third-order valence-corrected chi connectivity index (χ3v) is 5.31. The number of hydrogen-bond acceptors (Lipinski definition) is 5. The first-order chi connectivity index (χ1) is 14.0. The molecular weight excluding hydrogens is 438 g/mol. The third-order valence-electron chi connectivity index (χ3n) is 4.82. The second kappa shape index (κ2) is 9.24. The molecule has 3 rings (SSSR count). The van der Waals surface area contributed by atoms with E-state index in [0.29, 0.717) is 30.9 Å². The van der Waals surface area contributed by atoms with Crippen LogP contribution in [0.25, 0.3) is 5.76 Å². The number of amides is 1. The van der Waals surface area contributed by atoms with Crippen LogP contribution in [0.2, 0.25) is 0 Å². The number of methoxy groups -OCH3 is 2. The van der Waals surface area contributed by atoms with E-state index in [2.05, 4.69) is 15.9 Å². The average molecular weight is 460 g/mol. The van der Waals surface area contributed by atoms with Gasteiger partial charge in [-0.3, -0.25) is 9.59 Å². The Balaban J connectivity index is 2.10. The number of benzene rings is 2. The van der Waals surface area contributed by atoms with Gasteiger partial charge in [-0.2, -0.15) is 0 Å². The molecule has 7 heteroatoms. The van der Waals surface area contributed by atoms with Crippen molar-refractivity contribution >= 4 is 33.4 Å². The van der Waals surface area contributed by atoms with Crippen LogP contribution in [0.3, 0.4) is 0 Å². The van der Waals surface area contributed by atoms with Crippen LogP contribution < -0.4 is 4.74 Å². The van der Waals surface area contributed by atoms with Crippen LogP contribution in [-0.2, 0) is 14.3 Å². The highest BCUT2D eigenvalue weighted by Crippen LogP contribution is 2.40. The summed E-state index contributed by atoms with van der Waals surface area (Å²) in [6.45, 7) is 0.807. The van der Waals surface area contributed by atoms with Crippen molar-refractivity contribution in [2.45, 2.75) is 12.5 Å². The first-order valence-electron chi connectivity index (χ1n) is 9.15. The van der Waals surface area contributed by atoms with E-state index in [9.17, 15) is 14.7 Å². The van der Waals surface area contributed by atoms with Gasteiger partial charge in [0.1, 0.15) is 11.5 Å². The summed E-state index contributed by atoms with van der Waals surface area (Å²) in [7, 11) is 3.14. The summed E-state index contributed by atoms with van der Waals surface area (Å²) < 4.78 is 11.1. The van der Waals surface area contributed by atoms with Gasteiger partial charge in [0.05, 0.1) is 18.7 Å². The molecule has 0 radical (unpaired) electrons. The summed E-state index contributed by atoms with van der Waals surface area (Å²) in [6, 6.07) is 13.4. The zero-order valence-corrected chi connectivity index (χ0v) is 17.8. The monoisotopic (exact) mass is 459 g/mol. The van der Waals surface area contributed by atoms with Crippen molar-refractivity contribution in [2.24, 2.45) is 0 Å². The lowest BCUT2D eigenvalue weighted by atomic mass is 9.95. The SMILES string of the molecule is COCCCN1C(=O)C(=O)C(=C(O)c2ccc(OC)cc2)[C@H]1c1cccc(Br)c1. The van der Waals surface area contributed by atoms with Gasteiger partial charge in [0.15, 0.2) is 0 Å². The summed E-state index contributed by atoms with van der Waals surface area (Å²) in [6.07, 6.45) is 0.580. The number of aliphatic hydroxyl groups is 1. The summed E-state index contributed by atoms with van der Waals surface area (Å²) in [4.78, 5) is 27.1. The van der Waals surface area contributed by atoms with Gasteiger partial charge in [-0.1, -0.05) is 28.1 Å². The quantitative estimate of drug-likeness (QED) is 0.294. The Labute approximate surface area is 177 Å². The standard InChI is InChI=1S/C22H22BrNO5/c1-28-12-4-11-24-19(15-5-3-6-16(23)13-15)18(21(26)22(24)27)20(25)14-7-9-17(29-2)10-8-14/h3,5-10,13,19,25H,4,11-12H2,1-2H3/t19-/m1/s1. The largest absolute Gasteiger partial charge is 0.507 e. The van der Waals surface area contributed by atoms with Crippen molar-refractivity contribution in [1.29, 1.82) is 0 Å². The molecule has 1 saturated heterocycles. The van der Waals surface area contributed by atoms with Gasteiger partial charge in [-0.25, -0.2) is 0 Å². The van der Waals surface area contributed by atoms with Crippen molar-refractivity contribution in [3.63, 3.8) is 0 Å². The minimum atomic E-state index is -0.694. The highest BCUT2D eigenvalue weighted by molar-refractivity contribution is 9.10. The molecule has 1 atom stereocenters. The van der Waals surface area contributed by atoms with E-state index in [1.807, 2.05) is 24.3 Å². The molecule has 0 spiro atoms. The molecule has 1 fully saturated rings. The number of likely N-dealkylation sites (tertiary alicyclic amines) is 1. The van der Waals surface area contributed by atoms with Crippen molar-refractivity contribution in [1.82, 2.24) is 4.90 Å². The lowest BCUT2D eigenvalue weighted by Gasteiger charge is -2.25. The van der Waals surface area contributed by atoms with E-state index in [1.54, 1.807) is 38.5 Å². The smallest absolute Gasteiger partial charge is 0.295 e. The van der Waals surface area contributed by atoms with Crippen LogP contribution in [0.5, 0.6) is 5.75 Å². The Morgan fingerprint density at radius 2 is 1.86 bits per heavy atom. The molecule has 1 heterocycles. The lowest BCUT2D eigenvalue weighted by molar-refractivity contribution is -0.140. The number of rotatable bonds is 7. The summed E-state index contributed by atoms with van der Waals surface area (Å²) >= 11 is 3.44. The molecule has 0 unspecified atom stereocenters. The Morgan fingerprint density at radius 1 is 1.14 bits per heavy atom. The molecule has 29 heavy (non-hydrogen) atoms. The van der Waals surface area contributed by atoms with E-state index < -0.39 is 17.7 Å². The van der Waals surface area contributed by atoms with E-state index in [-0.39, 0.29) is 11.3 Å². The number of carbonyl (C=O) groups is 2. The number of nitrogens with zero attached hydrogens (tertiary/aromatic N) is 1. The minimum Gasteiger partial charge on any atom is -0.507 e. The predicted octanol–water partition coefficient (Wildman–Crippen LogP) is 3.92. The normalized spacial score (nSPS) is 18.3. The van der Waals surface area contributed by atoms with Gasteiger partial charge < -0.3 is 19.5 Å². The zero-order valence-electron chi connectivity index (χ0n) is 16.2. The second-order valence-corrected chi connectivity index (χ2v) is 7.54. The molecule has 0 aromatic heterocycles. The van der Waals surface area contributed by atoms with Crippen LogP contribution in [0.15, 0.2) is 58.6 Å². The summed E-state index contributed by atoms with van der Waals surface area (Å²) in [5.41, 5.74) is 1.27. The van der Waals surface area contributed by atoms with Gasteiger partial charge in [-0.15, -0.1) is 0 Å². The van der Waals surface area contributed by atoms with Gasteiger partial charge in [0.25, 0.3) is 11.7 Å². The van der Waals surface area contributed by atoms with Crippen molar-refractivity contribution in [3.05, 3.63) is 69.7 Å². The molecule has 1 aliphatic rings. The first-order valence-corrected chi connectivity index (χ1v) is 9.94. The number of carbonyl (C=O) groups excluding carboxylic acids is 2. The van der Waals surface area contributed by atoms with Crippen molar-refractivity contribution < 1.29 is 24.2 Å². The van der Waals surface area contributed by atoms with Crippen LogP contribution in [-0.4, -0.2) is 49.1 Å². The number of ether oxygens (including phenoxy) is 2. The highest BCUT2D eigenvalue weighted by Gasteiger charge is 2.45. The topological polar surface area (TPSA) is 76.1 Å². The number of Topliss-reactive ketones (excluding diaryl/α,β-unsaturated/α-hetero) is 1. The van der Waals surface area contributed by atoms with Gasteiger partial charge in [-0.05, 0) is 48.4 Å². The predicted molar refractivity (Wildman–Crippen MR) is 113 cm³/mol. The van der Waals surface area contributed by atoms with Crippen LogP contribution in [0.1, 0.15) is 23.6 Å². The van der Waals surface area contributed by atoms with Gasteiger partial charge >= 0.3 is 0 Å². The zero-order chi connectivity index (χ0) is 21.0. The summed E-state index contributed by atoms with van der Waals surface area (Å²) in [5, 5.41) is 11.0. The maximum atomic E-state index is 12.9. The molecule has 152 valence electrons. The van der Waals surface area contributed by atoms with Crippen LogP contribution in [0.4, 0.5) is 0 Å². The number of ketones is 1.